The zero-order chi connectivity index (χ0) is 78.2. The van der Waals surface area contributed by atoms with Gasteiger partial charge in [0.1, 0.15) is 0 Å². The largest absolute Gasteiger partial charge is 0.310 e. The summed E-state index contributed by atoms with van der Waals surface area (Å²) < 4.78 is 2.82. The molecule has 1 aliphatic carbocycles. The standard InChI is InChI=1S/C110H101BN2/c1-105(2,3)73-38-29-64(30-39-73)68-27-28-70-57-92-96-88(86(70)55-68)58-71(66-33-42-75(43-34-66)107(7,8)9)60-93(96)111-94-61-72(67-35-44-76(45-36-67)108(10,11)12)59-91-87-56-69(65-31-40-74(41-32-65)106(4,5)6)37-54-95(87)113(103(91)94)104-100-85-26-22-20-24-83(85)90-63-81(62-89-82-23-19-21-25-84(82)98(99(92)102(104)111)101(100)97(89)90)112(79-50-46-77(47-51-79)109(13,14)15)80-52-48-78(49-53-80)110(16,17)18/h19-56,58-63,92H,57H2,1-18H3. The summed E-state index contributed by atoms with van der Waals surface area (Å²) in [6.45, 7) is 41.6. The third kappa shape index (κ3) is 11.2. The van der Waals surface area contributed by atoms with Crippen molar-refractivity contribution in [2.75, 3.05) is 4.90 Å². The summed E-state index contributed by atoms with van der Waals surface area (Å²) in [6, 6.07) is 107. The van der Waals surface area contributed by atoms with Crippen molar-refractivity contribution in [3.8, 4) is 61.3 Å². The summed E-state index contributed by atoms with van der Waals surface area (Å²) in [4.78, 5) is 2.53. The second-order valence-corrected chi connectivity index (χ2v) is 39.7. The summed E-state index contributed by atoms with van der Waals surface area (Å²) in [5.41, 5.74) is 36.3. The molecule has 1 unspecified atom stereocenters. The van der Waals surface area contributed by atoms with Crippen LogP contribution >= 0.6 is 0 Å². The van der Waals surface area contributed by atoms with E-state index < -0.39 is 0 Å². The van der Waals surface area contributed by atoms with E-state index in [-0.39, 0.29) is 45.1 Å². The molecule has 3 heteroatoms. The van der Waals surface area contributed by atoms with Gasteiger partial charge in [-0.05, 0) is 265 Å². The molecular formula is C110H101BN2. The average molecular weight is 1460 g/mol. The lowest BCUT2D eigenvalue weighted by Gasteiger charge is -2.43. The molecular weight excluding hydrogens is 1360 g/mol. The van der Waals surface area contributed by atoms with Crippen LogP contribution in [0.4, 0.5) is 17.1 Å². The third-order valence-corrected chi connectivity index (χ3v) is 26.2. The Morgan fingerprint density at radius 2 is 0.664 bits per heavy atom. The Morgan fingerprint density at radius 1 is 0.283 bits per heavy atom. The Balaban J connectivity index is 0.960. The van der Waals surface area contributed by atoms with E-state index >= 15 is 0 Å². The molecule has 3 aliphatic rings. The van der Waals surface area contributed by atoms with Crippen LogP contribution < -0.4 is 21.3 Å². The van der Waals surface area contributed by atoms with Gasteiger partial charge in [-0.3, -0.25) is 0 Å². The van der Waals surface area contributed by atoms with E-state index in [1.807, 2.05) is 0 Å². The van der Waals surface area contributed by atoms with Crippen LogP contribution in [0.5, 0.6) is 0 Å². The molecule has 0 spiro atoms. The number of anilines is 3. The van der Waals surface area contributed by atoms with Gasteiger partial charge < -0.3 is 9.47 Å². The lowest BCUT2D eigenvalue weighted by molar-refractivity contribution is 0.590. The fraction of sp³-hybridized carbons (Fsp3) is 0.236. The highest BCUT2D eigenvalue weighted by Gasteiger charge is 2.48. The topological polar surface area (TPSA) is 8.17 Å². The third-order valence-electron chi connectivity index (χ3n) is 26.2. The number of rotatable bonds is 7. The lowest BCUT2D eigenvalue weighted by atomic mass is 9.30. The maximum absolute atomic E-state index is 2.82. The first kappa shape index (κ1) is 70.8. The highest BCUT2D eigenvalue weighted by molar-refractivity contribution is 6.99. The van der Waals surface area contributed by atoms with Crippen molar-refractivity contribution in [1.29, 1.82) is 0 Å². The quantitative estimate of drug-likeness (QED) is 0.0877. The first-order chi connectivity index (χ1) is 53.8. The van der Waals surface area contributed by atoms with Crippen molar-refractivity contribution < 1.29 is 0 Å². The maximum Gasteiger partial charge on any atom is 0.247 e. The summed E-state index contributed by atoms with van der Waals surface area (Å²) in [5, 5.41) is 15.6. The minimum Gasteiger partial charge on any atom is -0.310 e. The number of hydrogen-bond acceptors (Lipinski definition) is 1. The maximum atomic E-state index is 2.82. The van der Waals surface area contributed by atoms with Crippen LogP contribution in [0.1, 0.15) is 181 Å². The van der Waals surface area contributed by atoms with E-state index in [0.29, 0.717) is 0 Å². The van der Waals surface area contributed by atoms with Crippen molar-refractivity contribution in [2.45, 2.75) is 169 Å². The van der Waals surface area contributed by atoms with Crippen molar-refractivity contribution in [1.82, 2.24) is 4.57 Å². The lowest BCUT2D eigenvalue weighted by Crippen LogP contribution is -2.61. The molecule has 0 saturated carbocycles. The zero-order valence-corrected chi connectivity index (χ0v) is 69.2. The molecule has 0 bridgehead atoms. The van der Waals surface area contributed by atoms with E-state index in [1.54, 1.807) is 0 Å². The SMILES string of the molecule is CC(C)(C)c1ccc(-c2ccc3c(c2)-c2cc(-c4ccc(C(C)(C)C)cc4)cc4c2C(C3)c2c3c(c5c6ccccc6c6cc(N(c7ccc(C(C)(C)C)cc7)c7ccc(C(C)(C)C)cc7)cc7c8ccccc8c2c5c76)-n2c5ccc(-c6ccc(C(C)(C)C)cc6)cc5c5cc(-c6ccc(C(C)(C)C)cc6)cc(c52)B43)cc1. The van der Waals surface area contributed by atoms with Crippen LogP contribution in [0.15, 0.2) is 267 Å². The first-order valence-electron chi connectivity index (χ1n) is 41.3. The Hall–Kier alpha value is -11.3. The summed E-state index contributed by atoms with van der Waals surface area (Å²) in [5.74, 6) is -0.0150. The van der Waals surface area contributed by atoms with E-state index in [1.165, 1.54) is 203 Å². The second-order valence-electron chi connectivity index (χ2n) is 39.7. The van der Waals surface area contributed by atoms with Crippen molar-refractivity contribution >= 4 is 116 Å². The van der Waals surface area contributed by atoms with Crippen molar-refractivity contribution in [3.05, 3.63) is 317 Å². The molecule has 17 aromatic rings. The fourth-order valence-corrected chi connectivity index (χ4v) is 20.0. The van der Waals surface area contributed by atoms with Gasteiger partial charge >= 0.3 is 0 Å². The van der Waals surface area contributed by atoms with Gasteiger partial charge in [-0.15, -0.1) is 0 Å². The van der Waals surface area contributed by atoms with Crippen LogP contribution in [-0.4, -0.2) is 11.3 Å². The van der Waals surface area contributed by atoms with E-state index in [2.05, 4.69) is 401 Å². The van der Waals surface area contributed by atoms with Crippen LogP contribution in [0.2, 0.25) is 0 Å². The zero-order valence-electron chi connectivity index (χ0n) is 69.2. The molecule has 20 rings (SSSR count). The van der Waals surface area contributed by atoms with E-state index in [4.69, 9.17) is 0 Å². The minimum atomic E-state index is -0.181. The molecule has 0 N–H and O–H groups in total. The highest BCUT2D eigenvalue weighted by atomic mass is 15.1. The van der Waals surface area contributed by atoms with E-state index in [0.717, 1.165) is 23.5 Å². The second kappa shape index (κ2) is 24.6. The van der Waals surface area contributed by atoms with Crippen LogP contribution in [0.25, 0.3) is 137 Å². The van der Waals surface area contributed by atoms with E-state index in [9.17, 15) is 0 Å². The normalized spacial score (nSPS) is 14.3. The van der Waals surface area contributed by atoms with Gasteiger partial charge in [0.15, 0.2) is 0 Å². The molecule has 1 aromatic heterocycles. The molecule has 3 heterocycles. The Morgan fingerprint density at radius 3 is 1.13 bits per heavy atom. The number of nitrogens with zero attached hydrogens (tertiary/aromatic N) is 2. The molecule has 0 saturated heterocycles. The summed E-state index contributed by atoms with van der Waals surface area (Å²) in [7, 11) is 0. The van der Waals surface area contributed by atoms with Gasteiger partial charge in [-0.2, -0.15) is 0 Å². The van der Waals surface area contributed by atoms with Crippen molar-refractivity contribution in [2.24, 2.45) is 0 Å². The van der Waals surface area contributed by atoms with Gasteiger partial charge in [-0.1, -0.05) is 330 Å². The summed E-state index contributed by atoms with van der Waals surface area (Å²) in [6.07, 6.45) is 0.851. The molecule has 16 aromatic carbocycles. The van der Waals surface area contributed by atoms with Gasteiger partial charge in [0.05, 0.1) is 11.2 Å². The number of fused-ring (bicyclic) bond motifs is 17. The van der Waals surface area contributed by atoms with Gasteiger partial charge in [0, 0.05) is 50.0 Å². The molecule has 1 atom stereocenters. The number of hydrogen-bond donors (Lipinski definition) is 0. The smallest absolute Gasteiger partial charge is 0.247 e. The Labute approximate surface area is 668 Å². The van der Waals surface area contributed by atoms with Gasteiger partial charge in [-0.25, -0.2) is 0 Å². The van der Waals surface area contributed by atoms with Crippen LogP contribution in [-0.2, 0) is 38.9 Å². The molecule has 554 valence electrons. The molecule has 2 aliphatic heterocycles. The fourth-order valence-electron chi connectivity index (χ4n) is 20.0. The van der Waals surface area contributed by atoms with Crippen molar-refractivity contribution in [3.63, 3.8) is 0 Å². The van der Waals surface area contributed by atoms with Crippen LogP contribution in [0, 0.1) is 0 Å². The Kier molecular flexibility index (Phi) is 15.4. The number of benzene rings is 16. The number of aromatic nitrogens is 1. The predicted octanol–water partition coefficient (Wildman–Crippen LogP) is 28.4. The molecule has 0 fully saturated rings. The molecule has 0 amide bonds. The van der Waals surface area contributed by atoms with Gasteiger partial charge in [0.25, 0.3) is 0 Å². The minimum absolute atomic E-state index is 0.00575. The molecule has 0 radical (unpaired) electrons. The summed E-state index contributed by atoms with van der Waals surface area (Å²) >= 11 is 0. The first-order valence-corrected chi connectivity index (χ1v) is 41.3. The predicted molar refractivity (Wildman–Crippen MR) is 490 cm³/mol. The molecule has 2 nitrogen and oxygen atoms in total. The van der Waals surface area contributed by atoms with Gasteiger partial charge in [0.2, 0.25) is 6.71 Å². The Bertz CT molecular complexity index is 6720. The highest BCUT2D eigenvalue weighted by Crippen LogP contribution is 2.57. The van der Waals surface area contributed by atoms with Crippen LogP contribution in [0.3, 0.4) is 0 Å². The monoisotopic (exact) mass is 1460 g/mol. The average Bonchev–Trinajstić information content (AvgIpc) is 1.65. The molecule has 113 heavy (non-hydrogen) atoms.